The number of ether oxygens (including phenoxy) is 1. The van der Waals surface area contributed by atoms with E-state index in [9.17, 15) is 14.7 Å². The average Bonchev–Trinajstić information content (AvgIpc) is 3.13. The van der Waals surface area contributed by atoms with Gasteiger partial charge in [-0.3, -0.25) is 4.79 Å². The van der Waals surface area contributed by atoms with Crippen molar-refractivity contribution >= 4 is 22.6 Å². The second kappa shape index (κ2) is 5.93. The number of rotatable bonds is 1. The topological polar surface area (TPSA) is 133 Å². The number of nitrogens with two attached hydrogens (primary N) is 2. The smallest absolute Gasteiger partial charge is 0.343 e. The quantitative estimate of drug-likeness (QED) is 0.316. The minimum absolute atomic E-state index is 0.110. The fourth-order valence-corrected chi connectivity index (χ4v) is 5.42. The van der Waals surface area contributed by atoms with E-state index in [1.807, 2.05) is 12.1 Å². The molecule has 3 aliphatic rings. The van der Waals surface area contributed by atoms with E-state index >= 15 is 0 Å². The molecule has 0 bridgehead atoms. The molecular weight excluding hydrogens is 396 g/mol. The summed E-state index contributed by atoms with van der Waals surface area (Å²) in [6.45, 7) is 1.89. The summed E-state index contributed by atoms with van der Waals surface area (Å²) in [6, 6.07) is 5.29. The fraction of sp³-hybridized carbons (Fsp3) is 0.348. The van der Waals surface area contributed by atoms with Gasteiger partial charge in [-0.05, 0) is 48.6 Å². The standard InChI is InChI=1S/C23H22N4O4/c1-2-23(30)13-7-17-20-11(8-27(17)21(28)12(13)9-31-22(23)29)18-15(25)4-3-10-14(24)5-6-16(26-20)19(10)18/h5-7,15,30H,2-4,8-9,24-25H2,1H3/t15-,23-/m0/s1. The highest BCUT2D eigenvalue weighted by Crippen LogP contribution is 2.45. The van der Waals surface area contributed by atoms with Crippen molar-refractivity contribution in [3.8, 4) is 11.4 Å². The third-order valence-electron chi connectivity index (χ3n) is 7.12. The maximum Gasteiger partial charge on any atom is 0.343 e. The lowest BCUT2D eigenvalue weighted by Gasteiger charge is -2.31. The summed E-state index contributed by atoms with van der Waals surface area (Å²) in [5.41, 5.74) is 17.1. The van der Waals surface area contributed by atoms with Gasteiger partial charge in [0.25, 0.3) is 5.56 Å². The van der Waals surface area contributed by atoms with Gasteiger partial charge in [-0.1, -0.05) is 6.92 Å². The normalized spacial score (nSPS) is 23.3. The molecule has 31 heavy (non-hydrogen) atoms. The zero-order chi connectivity index (χ0) is 21.7. The number of carbonyl (C=O) groups is 1. The number of esters is 1. The van der Waals surface area contributed by atoms with Gasteiger partial charge in [0, 0.05) is 28.2 Å². The van der Waals surface area contributed by atoms with Gasteiger partial charge < -0.3 is 25.9 Å². The molecule has 5 N–H and O–H groups in total. The Morgan fingerprint density at radius 3 is 2.87 bits per heavy atom. The monoisotopic (exact) mass is 418 g/mol. The van der Waals surface area contributed by atoms with Gasteiger partial charge in [0.15, 0.2) is 5.60 Å². The number of nitrogens with zero attached hydrogens (tertiary/aromatic N) is 2. The van der Waals surface area contributed by atoms with Crippen LogP contribution in [0, 0.1) is 0 Å². The molecule has 1 aliphatic carbocycles. The lowest BCUT2D eigenvalue weighted by Crippen LogP contribution is -2.44. The zero-order valence-electron chi connectivity index (χ0n) is 17.1. The number of aromatic nitrogens is 2. The number of pyridine rings is 2. The van der Waals surface area contributed by atoms with E-state index in [1.54, 1.807) is 17.6 Å². The lowest BCUT2D eigenvalue weighted by atomic mass is 9.83. The zero-order valence-corrected chi connectivity index (χ0v) is 17.1. The summed E-state index contributed by atoms with van der Waals surface area (Å²) in [5, 5.41) is 12.0. The Hall–Kier alpha value is -3.23. The minimum Gasteiger partial charge on any atom is -0.458 e. The van der Waals surface area contributed by atoms with Crippen LogP contribution in [0.5, 0.6) is 0 Å². The molecule has 2 aromatic heterocycles. The van der Waals surface area contributed by atoms with Crippen LogP contribution in [-0.4, -0.2) is 20.6 Å². The third kappa shape index (κ3) is 2.18. The number of aliphatic hydroxyl groups is 1. The van der Waals surface area contributed by atoms with E-state index in [0.29, 0.717) is 29.1 Å². The molecule has 0 radical (unpaired) electrons. The van der Waals surface area contributed by atoms with Gasteiger partial charge in [0.1, 0.15) is 6.61 Å². The molecule has 3 aromatic rings. The van der Waals surface area contributed by atoms with Crippen molar-refractivity contribution in [2.24, 2.45) is 5.73 Å². The number of carbonyl (C=O) groups excluding carboxylic acids is 1. The summed E-state index contributed by atoms with van der Waals surface area (Å²) < 4.78 is 6.78. The Morgan fingerprint density at radius 2 is 2.10 bits per heavy atom. The highest BCUT2D eigenvalue weighted by Gasteiger charge is 2.45. The van der Waals surface area contributed by atoms with Crippen molar-refractivity contribution in [3.63, 3.8) is 0 Å². The van der Waals surface area contributed by atoms with E-state index < -0.39 is 11.6 Å². The Kier molecular flexibility index (Phi) is 3.54. The number of fused-ring (bicyclic) bond motifs is 5. The van der Waals surface area contributed by atoms with Crippen LogP contribution in [0.15, 0.2) is 23.0 Å². The van der Waals surface area contributed by atoms with Gasteiger partial charge in [0.05, 0.1) is 29.0 Å². The summed E-state index contributed by atoms with van der Waals surface area (Å²) >= 11 is 0. The first kappa shape index (κ1) is 18.5. The average molecular weight is 418 g/mol. The molecule has 0 saturated carbocycles. The van der Waals surface area contributed by atoms with E-state index in [2.05, 4.69) is 0 Å². The number of nitrogen functional groups attached to an aromatic ring is 1. The Balaban J connectivity index is 1.69. The van der Waals surface area contributed by atoms with Crippen LogP contribution >= 0.6 is 0 Å². The van der Waals surface area contributed by atoms with Gasteiger partial charge in [-0.25, -0.2) is 9.78 Å². The number of hydrogen-bond acceptors (Lipinski definition) is 7. The Labute approximate surface area is 177 Å². The molecular formula is C23H22N4O4. The van der Waals surface area contributed by atoms with Gasteiger partial charge in [-0.2, -0.15) is 0 Å². The third-order valence-corrected chi connectivity index (χ3v) is 7.12. The summed E-state index contributed by atoms with van der Waals surface area (Å²) in [4.78, 5) is 30.6. The molecule has 6 rings (SSSR count). The molecule has 2 aliphatic heterocycles. The highest BCUT2D eigenvalue weighted by atomic mass is 16.6. The van der Waals surface area contributed by atoms with Crippen molar-refractivity contribution in [1.29, 1.82) is 0 Å². The van der Waals surface area contributed by atoms with Gasteiger partial charge >= 0.3 is 5.97 Å². The van der Waals surface area contributed by atoms with Crippen molar-refractivity contribution in [1.82, 2.24) is 9.55 Å². The number of cyclic esters (lactones) is 1. The molecule has 0 saturated heterocycles. The summed E-state index contributed by atoms with van der Waals surface area (Å²) in [6.07, 6.45) is 1.67. The molecule has 0 fully saturated rings. The van der Waals surface area contributed by atoms with Crippen LogP contribution in [0.4, 0.5) is 5.69 Å². The van der Waals surface area contributed by atoms with E-state index in [0.717, 1.165) is 46.1 Å². The molecule has 4 heterocycles. The van der Waals surface area contributed by atoms with E-state index in [1.165, 1.54) is 0 Å². The fourth-order valence-electron chi connectivity index (χ4n) is 5.42. The first-order chi connectivity index (χ1) is 14.8. The van der Waals surface area contributed by atoms with Crippen molar-refractivity contribution in [3.05, 3.63) is 56.4 Å². The summed E-state index contributed by atoms with van der Waals surface area (Å²) in [7, 11) is 0. The molecule has 0 unspecified atom stereocenters. The van der Waals surface area contributed by atoms with Gasteiger partial charge in [0.2, 0.25) is 0 Å². The van der Waals surface area contributed by atoms with Crippen LogP contribution in [0.25, 0.3) is 22.3 Å². The van der Waals surface area contributed by atoms with Crippen LogP contribution in [-0.2, 0) is 34.7 Å². The SMILES string of the molecule is CC[C@@]1(O)C(=O)OCc2c1cc1n(c2=O)Cc2c-1nc1ccc(N)c3c1c2[C@@H](N)CC3. The molecule has 1 aromatic carbocycles. The maximum atomic E-state index is 13.4. The first-order valence-electron chi connectivity index (χ1n) is 10.5. The number of aryl methyl sites for hydroxylation is 1. The lowest BCUT2D eigenvalue weighted by molar-refractivity contribution is -0.172. The second-order valence-electron chi connectivity index (χ2n) is 8.63. The molecule has 8 heteroatoms. The van der Waals surface area contributed by atoms with E-state index in [4.69, 9.17) is 21.2 Å². The first-order valence-corrected chi connectivity index (χ1v) is 10.5. The molecule has 2 atom stereocenters. The number of anilines is 1. The van der Waals surface area contributed by atoms with E-state index in [-0.39, 0.29) is 24.6 Å². The van der Waals surface area contributed by atoms with Crippen LogP contribution in [0.1, 0.15) is 53.6 Å². The predicted molar refractivity (Wildman–Crippen MR) is 114 cm³/mol. The van der Waals surface area contributed by atoms with Gasteiger partial charge in [-0.15, -0.1) is 0 Å². The highest BCUT2D eigenvalue weighted by molar-refractivity contribution is 5.95. The number of benzene rings is 1. The molecule has 8 nitrogen and oxygen atoms in total. The Bertz CT molecular complexity index is 1390. The molecule has 0 amide bonds. The van der Waals surface area contributed by atoms with Crippen LogP contribution in [0.2, 0.25) is 0 Å². The maximum absolute atomic E-state index is 13.4. The second-order valence-corrected chi connectivity index (χ2v) is 8.63. The molecule has 158 valence electrons. The Morgan fingerprint density at radius 1 is 1.29 bits per heavy atom. The van der Waals surface area contributed by atoms with Crippen molar-refractivity contribution < 1.29 is 14.6 Å². The van der Waals surface area contributed by atoms with Crippen molar-refractivity contribution in [2.45, 2.75) is 51.0 Å². The molecule has 0 spiro atoms. The summed E-state index contributed by atoms with van der Waals surface area (Å²) in [5.74, 6) is -0.728. The van der Waals surface area contributed by atoms with Crippen molar-refractivity contribution in [2.75, 3.05) is 5.73 Å². The number of hydrogen-bond donors (Lipinski definition) is 3. The van der Waals surface area contributed by atoms with Crippen LogP contribution in [0.3, 0.4) is 0 Å². The van der Waals surface area contributed by atoms with Crippen LogP contribution < -0.4 is 17.0 Å². The predicted octanol–water partition coefficient (Wildman–Crippen LogP) is 1.61. The largest absolute Gasteiger partial charge is 0.458 e. The minimum atomic E-state index is -1.84.